The van der Waals surface area contributed by atoms with Crippen molar-refractivity contribution in [2.45, 2.75) is 57.1 Å². The summed E-state index contributed by atoms with van der Waals surface area (Å²) in [5.41, 5.74) is 6.08. The second-order valence-electron chi connectivity index (χ2n) is 4.66. The molecule has 2 unspecified atom stereocenters. The molecule has 2 N–H and O–H groups in total. The zero-order valence-electron chi connectivity index (χ0n) is 8.37. The lowest BCUT2D eigenvalue weighted by atomic mass is 9.80. The van der Waals surface area contributed by atoms with Gasteiger partial charge in [0, 0.05) is 12.6 Å². The van der Waals surface area contributed by atoms with Crippen molar-refractivity contribution in [1.82, 2.24) is 0 Å². The minimum Gasteiger partial charge on any atom is -0.378 e. The second-order valence-corrected chi connectivity index (χ2v) is 4.66. The summed E-state index contributed by atoms with van der Waals surface area (Å²) in [6, 6.07) is 0.397. The van der Waals surface area contributed by atoms with Crippen molar-refractivity contribution in [3.8, 4) is 0 Å². The average molecular weight is 183 g/mol. The van der Waals surface area contributed by atoms with Gasteiger partial charge in [0.25, 0.3) is 0 Å². The predicted molar refractivity (Wildman–Crippen MR) is 53.5 cm³/mol. The largest absolute Gasteiger partial charge is 0.378 e. The van der Waals surface area contributed by atoms with Crippen molar-refractivity contribution >= 4 is 0 Å². The summed E-state index contributed by atoms with van der Waals surface area (Å²) >= 11 is 0. The first-order valence-corrected chi connectivity index (χ1v) is 5.72. The normalized spacial score (nSPS) is 31.6. The van der Waals surface area contributed by atoms with Gasteiger partial charge < -0.3 is 10.5 Å². The standard InChI is InChI=1S/C11H21NO/c12-10(7-9-3-1-4-9)8-11-5-2-6-13-11/h9-11H,1-8,12H2. The molecule has 0 bridgehead atoms. The van der Waals surface area contributed by atoms with Gasteiger partial charge in [0.1, 0.15) is 0 Å². The summed E-state index contributed by atoms with van der Waals surface area (Å²) in [4.78, 5) is 0. The molecule has 1 saturated carbocycles. The second kappa shape index (κ2) is 4.43. The molecule has 2 aliphatic rings. The van der Waals surface area contributed by atoms with Gasteiger partial charge in [0.2, 0.25) is 0 Å². The molecule has 1 saturated heterocycles. The van der Waals surface area contributed by atoms with E-state index in [1.165, 1.54) is 38.5 Å². The van der Waals surface area contributed by atoms with Crippen molar-refractivity contribution in [2.75, 3.05) is 6.61 Å². The van der Waals surface area contributed by atoms with Crippen molar-refractivity contribution < 1.29 is 4.74 Å². The molecule has 13 heavy (non-hydrogen) atoms. The van der Waals surface area contributed by atoms with Crippen LogP contribution in [0.25, 0.3) is 0 Å². The topological polar surface area (TPSA) is 35.2 Å². The Morgan fingerprint density at radius 1 is 1.15 bits per heavy atom. The van der Waals surface area contributed by atoms with Gasteiger partial charge in [0.15, 0.2) is 0 Å². The summed E-state index contributed by atoms with van der Waals surface area (Å²) < 4.78 is 5.58. The Morgan fingerprint density at radius 3 is 2.54 bits per heavy atom. The minimum atomic E-state index is 0.397. The van der Waals surface area contributed by atoms with Crippen LogP contribution in [-0.2, 0) is 4.74 Å². The Kier molecular flexibility index (Phi) is 3.23. The lowest BCUT2D eigenvalue weighted by Gasteiger charge is -2.28. The van der Waals surface area contributed by atoms with E-state index in [1.54, 1.807) is 0 Å². The van der Waals surface area contributed by atoms with Crippen LogP contribution < -0.4 is 5.73 Å². The average Bonchev–Trinajstić information content (AvgIpc) is 2.49. The molecule has 0 aromatic carbocycles. The summed E-state index contributed by atoms with van der Waals surface area (Å²) in [5.74, 6) is 0.941. The maximum Gasteiger partial charge on any atom is 0.0590 e. The zero-order valence-corrected chi connectivity index (χ0v) is 8.37. The van der Waals surface area contributed by atoms with E-state index in [0.717, 1.165) is 18.9 Å². The van der Waals surface area contributed by atoms with Gasteiger partial charge in [-0.25, -0.2) is 0 Å². The molecule has 1 heterocycles. The lowest BCUT2D eigenvalue weighted by Crippen LogP contribution is -2.30. The van der Waals surface area contributed by atoms with E-state index >= 15 is 0 Å². The van der Waals surface area contributed by atoms with Crippen LogP contribution >= 0.6 is 0 Å². The third kappa shape index (κ3) is 2.68. The van der Waals surface area contributed by atoms with E-state index in [0.29, 0.717) is 12.1 Å². The van der Waals surface area contributed by atoms with Crippen LogP contribution in [0, 0.1) is 5.92 Å². The highest BCUT2D eigenvalue weighted by atomic mass is 16.5. The van der Waals surface area contributed by atoms with Crippen LogP contribution in [0.2, 0.25) is 0 Å². The van der Waals surface area contributed by atoms with Crippen molar-refractivity contribution in [2.24, 2.45) is 11.7 Å². The third-order valence-electron chi connectivity index (χ3n) is 3.45. The first-order valence-electron chi connectivity index (χ1n) is 5.72. The molecule has 0 spiro atoms. The molecule has 0 aromatic rings. The molecule has 0 radical (unpaired) electrons. The Morgan fingerprint density at radius 2 is 2.00 bits per heavy atom. The van der Waals surface area contributed by atoms with Crippen LogP contribution in [0.5, 0.6) is 0 Å². The van der Waals surface area contributed by atoms with Crippen LogP contribution in [-0.4, -0.2) is 18.8 Å². The van der Waals surface area contributed by atoms with Gasteiger partial charge in [-0.3, -0.25) is 0 Å². The maximum absolute atomic E-state index is 6.08. The smallest absolute Gasteiger partial charge is 0.0590 e. The molecule has 76 valence electrons. The number of ether oxygens (including phenoxy) is 1. The molecule has 2 rings (SSSR count). The van der Waals surface area contributed by atoms with E-state index < -0.39 is 0 Å². The molecule has 2 nitrogen and oxygen atoms in total. The van der Waals surface area contributed by atoms with Crippen molar-refractivity contribution in [1.29, 1.82) is 0 Å². The third-order valence-corrected chi connectivity index (χ3v) is 3.45. The van der Waals surface area contributed by atoms with Crippen LogP contribution in [0.15, 0.2) is 0 Å². The monoisotopic (exact) mass is 183 g/mol. The SMILES string of the molecule is NC(CC1CCC1)CC1CCCO1. The minimum absolute atomic E-state index is 0.397. The Bertz CT molecular complexity index is 150. The van der Waals surface area contributed by atoms with E-state index in [2.05, 4.69) is 0 Å². The Balaban J connectivity index is 1.61. The highest BCUT2D eigenvalue weighted by Crippen LogP contribution is 2.31. The van der Waals surface area contributed by atoms with E-state index in [9.17, 15) is 0 Å². The number of hydrogen-bond acceptors (Lipinski definition) is 2. The summed E-state index contributed by atoms with van der Waals surface area (Å²) in [6.45, 7) is 0.959. The molecule has 2 heteroatoms. The fourth-order valence-corrected chi connectivity index (χ4v) is 2.42. The number of nitrogens with two attached hydrogens (primary N) is 1. The lowest BCUT2D eigenvalue weighted by molar-refractivity contribution is 0.0937. The zero-order chi connectivity index (χ0) is 9.10. The molecule has 1 aliphatic heterocycles. The van der Waals surface area contributed by atoms with Gasteiger partial charge in [-0.2, -0.15) is 0 Å². The van der Waals surface area contributed by atoms with Crippen LogP contribution in [0.1, 0.15) is 44.9 Å². The number of rotatable bonds is 4. The number of hydrogen-bond donors (Lipinski definition) is 1. The Labute approximate surface area is 80.8 Å². The van der Waals surface area contributed by atoms with E-state index in [4.69, 9.17) is 10.5 Å². The fraction of sp³-hybridized carbons (Fsp3) is 1.00. The molecule has 2 fully saturated rings. The first-order chi connectivity index (χ1) is 6.34. The molecule has 0 aromatic heterocycles. The quantitative estimate of drug-likeness (QED) is 0.724. The van der Waals surface area contributed by atoms with Crippen LogP contribution in [0.3, 0.4) is 0 Å². The molecule has 2 atom stereocenters. The van der Waals surface area contributed by atoms with Gasteiger partial charge in [-0.05, 0) is 31.6 Å². The summed E-state index contributed by atoms with van der Waals surface area (Å²) in [7, 11) is 0. The Hall–Kier alpha value is -0.0800. The summed E-state index contributed by atoms with van der Waals surface area (Å²) in [5, 5.41) is 0. The highest BCUT2D eigenvalue weighted by molar-refractivity contribution is 4.78. The van der Waals surface area contributed by atoms with E-state index in [-0.39, 0.29) is 0 Å². The first kappa shape index (κ1) is 9.47. The fourth-order valence-electron chi connectivity index (χ4n) is 2.42. The van der Waals surface area contributed by atoms with Gasteiger partial charge in [-0.1, -0.05) is 19.3 Å². The van der Waals surface area contributed by atoms with Crippen molar-refractivity contribution in [3.63, 3.8) is 0 Å². The predicted octanol–water partition coefficient (Wildman–Crippen LogP) is 2.07. The highest BCUT2D eigenvalue weighted by Gasteiger charge is 2.23. The van der Waals surface area contributed by atoms with Gasteiger partial charge >= 0.3 is 0 Å². The van der Waals surface area contributed by atoms with Crippen molar-refractivity contribution in [3.05, 3.63) is 0 Å². The molecular weight excluding hydrogens is 162 g/mol. The molecule has 0 amide bonds. The molecule has 1 aliphatic carbocycles. The van der Waals surface area contributed by atoms with E-state index in [1.807, 2.05) is 0 Å². The van der Waals surface area contributed by atoms with Gasteiger partial charge in [0.05, 0.1) is 6.10 Å². The van der Waals surface area contributed by atoms with Crippen LogP contribution in [0.4, 0.5) is 0 Å². The maximum atomic E-state index is 6.08. The summed E-state index contributed by atoms with van der Waals surface area (Å²) in [6.07, 6.45) is 9.54. The molecular formula is C11H21NO. The van der Waals surface area contributed by atoms with Gasteiger partial charge in [-0.15, -0.1) is 0 Å².